The van der Waals surface area contributed by atoms with Gasteiger partial charge in [0.15, 0.2) is 0 Å². The molecular weight excluding hydrogens is 373 g/mol. The molecule has 0 aromatic heterocycles. The third-order valence-corrected chi connectivity index (χ3v) is 5.27. The highest BCUT2D eigenvalue weighted by Crippen LogP contribution is 2.47. The summed E-state index contributed by atoms with van der Waals surface area (Å²) in [7, 11) is 0. The second kappa shape index (κ2) is 6.70. The van der Waals surface area contributed by atoms with Crippen LogP contribution in [0.3, 0.4) is 0 Å². The van der Waals surface area contributed by atoms with Gasteiger partial charge in [0.25, 0.3) is 5.69 Å². The van der Waals surface area contributed by atoms with E-state index in [1.807, 2.05) is 29.3 Å². The van der Waals surface area contributed by atoms with E-state index in [1.165, 1.54) is 24.3 Å². The first-order chi connectivity index (χ1) is 14.1. The van der Waals surface area contributed by atoms with Crippen molar-refractivity contribution in [1.29, 1.82) is 0 Å². The van der Waals surface area contributed by atoms with E-state index in [4.69, 9.17) is 9.84 Å². The molecule has 0 unspecified atom stereocenters. The molecule has 29 heavy (non-hydrogen) atoms. The third-order valence-electron chi connectivity index (χ3n) is 5.27. The molecule has 0 fully saturated rings. The minimum absolute atomic E-state index is 0.0263. The summed E-state index contributed by atoms with van der Waals surface area (Å²) >= 11 is 0. The van der Waals surface area contributed by atoms with Crippen molar-refractivity contribution in [3.05, 3.63) is 105 Å². The van der Waals surface area contributed by atoms with Crippen LogP contribution >= 0.6 is 0 Å². The number of hydrazone groups is 1. The lowest BCUT2D eigenvalue weighted by molar-refractivity contribution is -0.384. The van der Waals surface area contributed by atoms with Crippen LogP contribution in [0.15, 0.2) is 77.9 Å². The van der Waals surface area contributed by atoms with E-state index < -0.39 is 11.2 Å². The second-order valence-corrected chi connectivity index (χ2v) is 7.01. The Morgan fingerprint density at radius 1 is 1.03 bits per heavy atom. The number of nitrogens with zero attached hydrogens (tertiary/aromatic N) is 3. The molecule has 2 atom stereocenters. The first-order valence-corrected chi connectivity index (χ1v) is 9.22. The number of para-hydroxylation sites is 1. The second-order valence-electron chi connectivity index (χ2n) is 7.01. The molecule has 0 bridgehead atoms. The molecule has 0 radical (unpaired) electrons. The number of nitro benzene ring substituents is 1. The lowest BCUT2D eigenvalue weighted by Gasteiger charge is -2.38. The topological polar surface area (TPSA) is 68.0 Å². The molecule has 5 rings (SSSR count). The number of fused-ring (bicyclic) bond motifs is 3. The van der Waals surface area contributed by atoms with E-state index in [2.05, 4.69) is 0 Å². The smallest absolute Gasteiger partial charge is 0.269 e. The summed E-state index contributed by atoms with van der Waals surface area (Å²) in [6.45, 7) is 0. The minimum atomic E-state index is -0.506. The normalized spacial score (nSPS) is 19.8. The maximum absolute atomic E-state index is 13.3. The number of nitro groups is 1. The van der Waals surface area contributed by atoms with E-state index in [0.717, 1.165) is 28.2 Å². The molecule has 2 aliphatic heterocycles. The standard InChI is InChI=1S/C22H16FN3O3/c23-16-9-5-14(6-10-16)19-13-20-18-3-1-2-4-21(18)29-22(25(20)24-19)15-7-11-17(12-8-15)26(27)28/h1-12,20,22H,13H2/t20-,22-/m0/s1. The number of rotatable bonds is 3. The highest BCUT2D eigenvalue weighted by atomic mass is 19.1. The van der Waals surface area contributed by atoms with Crippen molar-refractivity contribution in [2.45, 2.75) is 18.7 Å². The molecule has 0 N–H and O–H groups in total. The molecule has 3 aromatic rings. The van der Waals surface area contributed by atoms with Gasteiger partial charge >= 0.3 is 0 Å². The lowest BCUT2D eigenvalue weighted by Crippen LogP contribution is -2.33. The highest BCUT2D eigenvalue weighted by Gasteiger charge is 2.40. The van der Waals surface area contributed by atoms with Crippen LogP contribution < -0.4 is 4.74 Å². The Labute approximate surface area is 166 Å². The average molecular weight is 389 g/mol. The van der Waals surface area contributed by atoms with Crippen molar-refractivity contribution in [2.24, 2.45) is 5.10 Å². The zero-order valence-electron chi connectivity index (χ0n) is 15.2. The van der Waals surface area contributed by atoms with Gasteiger partial charge < -0.3 is 4.74 Å². The summed E-state index contributed by atoms with van der Waals surface area (Å²) in [6.07, 6.45) is 0.156. The zero-order chi connectivity index (χ0) is 20.0. The van der Waals surface area contributed by atoms with Gasteiger partial charge in [-0.25, -0.2) is 9.40 Å². The predicted octanol–water partition coefficient (Wildman–Crippen LogP) is 4.98. The fourth-order valence-corrected chi connectivity index (χ4v) is 3.83. The van der Waals surface area contributed by atoms with E-state index in [1.54, 1.807) is 24.3 Å². The number of hydrogen-bond acceptors (Lipinski definition) is 5. The number of ether oxygens (including phenoxy) is 1. The monoisotopic (exact) mass is 389 g/mol. The Morgan fingerprint density at radius 3 is 2.48 bits per heavy atom. The van der Waals surface area contributed by atoms with Crippen molar-refractivity contribution in [1.82, 2.24) is 5.01 Å². The maximum Gasteiger partial charge on any atom is 0.269 e. The highest BCUT2D eigenvalue weighted by molar-refractivity contribution is 6.01. The van der Waals surface area contributed by atoms with Crippen molar-refractivity contribution < 1.29 is 14.1 Å². The SMILES string of the molecule is O=[N+]([O-])c1ccc([C@@H]2Oc3ccccc3[C@@H]3CC(c4ccc(F)cc4)=NN32)cc1. The molecular formula is C22H16FN3O3. The van der Waals surface area contributed by atoms with E-state index in [9.17, 15) is 14.5 Å². The van der Waals surface area contributed by atoms with Crippen LogP contribution in [-0.4, -0.2) is 15.6 Å². The Morgan fingerprint density at radius 2 is 1.76 bits per heavy atom. The van der Waals surface area contributed by atoms with Gasteiger partial charge in [-0.05, 0) is 35.9 Å². The number of benzene rings is 3. The van der Waals surface area contributed by atoms with E-state index >= 15 is 0 Å². The van der Waals surface area contributed by atoms with Gasteiger partial charge in [0.05, 0.1) is 16.7 Å². The summed E-state index contributed by atoms with van der Waals surface area (Å²) in [6, 6.07) is 20.4. The van der Waals surface area contributed by atoms with Crippen LogP contribution in [-0.2, 0) is 0 Å². The minimum Gasteiger partial charge on any atom is -0.464 e. The van der Waals surface area contributed by atoms with E-state index in [0.29, 0.717) is 6.42 Å². The Bertz CT molecular complexity index is 1110. The van der Waals surface area contributed by atoms with Gasteiger partial charge in [0.2, 0.25) is 6.23 Å². The fraction of sp³-hybridized carbons (Fsp3) is 0.136. The molecule has 6 nitrogen and oxygen atoms in total. The molecule has 7 heteroatoms. The summed E-state index contributed by atoms with van der Waals surface area (Å²) in [5, 5.41) is 17.7. The van der Waals surface area contributed by atoms with Crippen LogP contribution in [0.4, 0.5) is 10.1 Å². The van der Waals surface area contributed by atoms with Crippen LogP contribution in [0.25, 0.3) is 0 Å². The van der Waals surface area contributed by atoms with Gasteiger partial charge in [0.1, 0.15) is 11.6 Å². The lowest BCUT2D eigenvalue weighted by atomic mass is 9.96. The fourth-order valence-electron chi connectivity index (χ4n) is 3.83. The van der Waals surface area contributed by atoms with Crippen LogP contribution in [0.2, 0.25) is 0 Å². The van der Waals surface area contributed by atoms with Crippen molar-refractivity contribution >= 4 is 11.4 Å². The average Bonchev–Trinajstić information content (AvgIpc) is 3.19. The molecule has 0 saturated heterocycles. The third kappa shape index (κ3) is 3.00. The van der Waals surface area contributed by atoms with Crippen molar-refractivity contribution in [2.75, 3.05) is 0 Å². The number of hydrogen-bond donors (Lipinski definition) is 0. The largest absolute Gasteiger partial charge is 0.464 e. The number of halogens is 1. The quantitative estimate of drug-likeness (QED) is 0.468. The summed E-state index contributed by atoms with van der Waals surface area (Å²) < 4.78 is 19.5. The molecule has 0 spiro atoms. The van der Waals surface area contributed by atoms with Crippen molar-refractivity contribution in [3.63, 3.8) is 0 Å². The first kappa shape index (κ1) is 17.4. The summed E-state index contributed by atoms with van der Waals surface area (Å²) in [5.41, 5.74) is 3.55. The predicted molar refractivity (Wildman–Crippen MR) is 105 cm³/mol. The first-order valence-electron chi connectivity index (χ1n) is 9.22. The molecule has 2 aliphatic rings. The molecule has 0 saturated carbocycles. The van der Waals surface area contributed by atoms with Crippen LogP contribution in [0, 0.1) is 15.9 Å². The molecule has 0 aliphatic carbocycles. The van der Waals surface area contributed by atoms with Gasteiger partial charge in [0, 0.05) is 29.7 Å². The van der Waals surface area contributed by atoms with Crippen LogP contribution in [0.5, 0.6) is 5.75 Å². The summed E-state index contributed by atoms with van der Waals surface area (Å²) in [4.78, 5) is 10.5. The van der Waals surface area contributed by atoms with Gasteiger partial charge in [-0.15, -0.1) is 0 Å². The van der Waals surface area contributed by atoms with Gasteiger partial charge in [-0.1, -0.05) is 30.3 Å². The molecule has 2 heterocycles. The van der Waals surface area contributed by atoms with E-state index in [-0.39, 0.29) is 17.5 Å². The Kier molecular flexibility index (Phi) is 4.01. The van der Waals surface area contributed by atoms with Crippen LogP contribution in [0.1, 0.15) is 35.4 Å². The molecule has 3 aromatic carbocycles. The van der Waals surface area contributed by atoms with Gasteiger partial charge in [-0.2, -0.15) is 5.10 Å². The van der Waals surface area contributed by atoms with Gasteiger partial charge in [-0.3, -0.25) is 10.1 Å². The maximum atomic E-state index is 13.3. The molecule has 144 valence electrons. The van der Waals surface area contributed by atoms with Crippen molar-refractivity contribution in [3.8, 4) is 5.75 Å². The molecule has 0 amide bonds. The zero-order valence-corrected chi connectivity index (χ0v) is 15.2. The summed E-state index contributed by atoms with van der Waals surface area (Å²) in [5.74, 6) is 0.482. The number of non-ortho nitro benzene ring substituents is 1. The Balaban J connectivity index is 1.56. The Hall–Kier alpha value is -3.74.